The quantitative estimate of drug-likeness (QED) is 0.279. The molecule has 10 heteroatoms. The van der Waals surface area contributed by atoms with E-state index in [0.29, 0.717) is 44.8 Å². The van der Waals surface area contributed by atoms with E-state index in [9.17, 15) is 10.1 Å². The molecule has 1 aromatic heterocycles. The first kappa shape index (κ1) is 33.3. The monoisotopic (exact) mass is 627 g/mol. The lowest BCUT2D eigenvalue weighted by atomic mass is 10.0. The van der Waals surface area contributed by atoms with E-state index in [0.717, 1.165) is 43.0 Å². The summed E-state index contributed by atoms with van der Waals surface area (Å²) >= 11 is 0. The zero-order valence-electron chi connectivity index (χ0n) is 28.5. The van der Waals surface area contributed by atoms with Crippen LogP contribution >= 0.6 is 0 Å². The Morgan fingerprint density at radius 2 is 1.85 bits per heavy atom. The second kappa shape index (κ2) is 14.1. The number of fused-ring (bicyclic) bond motifs is 1. The maximum absolute atomic E-state index is 13.1. The van der Waals surface area contributed by atoms with E-state index >= 15 is 0 Å². The van der Waals surface area contributed by atoms with E-state index in [1.165, 1.54) is 22.0 Å². The van der Waals surface area contributed by atoms with Crippen LogP contribution < -0.4 is 14.5 Å². The third kappa shape index (κ3) is 7.47. The summed E-state index contributed by atoms with van der Waals surface area (Å²) < 4.78 is 12.0. The molecule has 2 saturated heterocycles. The number of aromatic nitrogens is 2. The number of anilines is 2. The van der Waals surface area contributed by atoms with Gasteiger partial charge >= 0.3 is 12.1 Å². The molecule has 10 nitrogen and oxygen atoms in total. The number of piperazine rings is 1. The molecule has 0 N–H and O–H groups in total. The molecule has 246 valence electrons. The van der Waals surface area contributed by atoms with Crippen LogP contribution in [-0.4, -0.2) is 89.9 Å². The van der Waals surface area contributed by atoms with Gasteiger partial charge in [0.25, 0.3) is 0 Å². The van der Waals surface area contributed by atoms with Crippen molar-refractivity contribution in [2.75, 3.05) is 56.2 Å². The van der Waals surface area contributed by atoms with Gasteiger partial charge in [-0.25, -0.2) is 4.79 Å². The second-order valence-corrected chi connectivity index (χ2v) is 13.6. The number of hydrogen-bond acceptors (Lipinski definition) is 9. The Morgan fingerprint density at radius 1 is 1.09 bits per heavy atom. The number of ether oxygens (including phenoxy) is 2. The van der Waals surface area contributed by atoms with Crippen molar-refractivity contribution in [2.45, 2.75) is 85.0 Å². The Kier molecular flexibility index (Phi) is 10.2. The van der Waals surface area contributed by atoms with Crippen LogP contribution in [0, 0.1) is 25.2 Å². The van der Waals surface area contributed by atoms with Gasteiger partial charge in [0.15, 0.2) is 0 Å². The number of nitrogens with zero attached hydrogens (tertiary/aromatic N) is 7. The van der Waals surface area contributed by atoms with Crippen LogP contribution in [0.15, 0.2) is 36.4 Å². The number of amides is 1. The lowest BCUT2D eigenvalue weighted by Crippen LogP contribution is -2.56. The number of nitriles is 1. The summed E-state index contributed by atoms with van der Waals surface area (Å²) in [6.45, 7) is 16.4. The van der Waals surface area contributed by atoms with E-state index in [2.05, 4.69) is 85.0 Å². The first-order valence-electron chi connectivity index (χ1n) is 16.5. The van der Waals surface area contributed by atoms with Gasteiger partial charge in [0, 0.05) is 48.9 Å². The largest absolute Gasteiger partial charge is 0.462 e. The zero-order valence-corrected chi connectivity index (χ0v) is 28.5. The molecule has 5 rings (SSSR count). The van der Waals surface area contributed by atoms with Crippen molar-refractivity contribution in [3.05, 3.63) is 53.2 Å². The normalized spacial score (nSPS) is 18.9. The number of benzene rings is 2. The highest BCUT2D eigenvalue weighted by atomic mass is 16.6. The van der Waals surface area contributed by atoms with Crippen LogP contribution in [0.25, 0.3) is 10.8 Å². The molecule has 2 aromatic carbocycles. The molecular formula is C36H49N7O3. The predicted molar refractivity (Wildman–Crippen MR) is 182 cm³/mol. The Morgan fingerprint density at radius 3 is 2.52 bits per heavy atom. The number of carbonyl (C=O) groups excluding carboxylic acids is 1. The molecular weight excluding hydrogens is 578 g/mol. The zero-order chi connectivity index (χ0) is 33.0. The van der Waals surface area contributed by atoms with E-state index < -0.39 is 5.60 Å². The van der Waals surface area contributed by atoms with Gasteiger partial charge in [-0.15, -0.1) is 0 Å². The third-order valence-electron chi connectivity index (χ3n) is 9.17. The van der Waals surface area contributed by atoms with Gasteiger partial charge in [0.2, 0.25) is 0 Å². The van der Waals surface area contributed by atoms with Crippen LogP contribution in [-0.2, 0) is 11.3 Å². The molecule has 0 aliphatic carbocycles. The van der Waals surface area contributed by atoms with Gasteiger partial charge in [-0.05, 0) is 85.0 Å². The Hall–Kier alpha value is -4.10. The molecule has 0 spiro atoms. The molecule has 0 unspecified atom stereocenters. The summed E-state index contributed by atoms with van der Waals surface area (Å²) in [5.74, 6) is 0.789. The highest BCUT2D eigenvalue weighted by Crippen LogP contribution is 2.33. The highest BCUT2D eigenvalue weighted by molar-refractivity contribution is 5.96. The van der Waals surface area contributed by atoms with Crippen molar-refractivity contribution in [3.8, 4) is 12.1 Å². The van der Waals surface area contributed by atoms with Gasteiger partial charge in [0.1, 0.15) is 18.0 Å². The van der Waals surface area contributed by atoms with Crippen LogP contribution in [0.5, 0.6) is 6.01 Å². The van der Waals surface area contributed by atoms with Gasteiger partial charge < -0.3 is 29.1 Å². The topological polar surface area (TPSA) is 98.1 Å². The summed E-state index contributed by atoms with van der Waals surface area (Å²) in [5.41, 5.74) is 3.67. The van der Waals surface area contributed by atoms with Crippen molar-refractivity contribution in [3.63, 3.8) is 0 Å². The molecule has 1 amide bonds. The number of hydrogen-bond donors (Lipinski definition) is 0. The lowest BCUT2D eigenvalue weighted by molar-refractivity contribution is 0.0144. The van der Waals surface area contributed by atoms with Crippen LogP contribution in [0.3, 0.4) is 0 Å². The van der Waals surface area contributed by atoms with Gasteiger partial charge in [-0.3, -0.25) is 0 Å². The lowest BCUT2D eigenvalue weighted by Gasteiger charge is -2.42. The third-order valence-corrected chi connectivity index (χ3v) is 9.17. The van der Waals surface area contributed by atoms with Crippen molar-refractivity contribution >= 4 is 28.4 Å². The summed E-state index contributed by atoms with van der Waals surface area (Å²) in [7, 11) is 2.14. The SMILES string of the molecule is CCN(Cc1nc(OC[C@H]2CCCN2C)nc(N2CCN(C(=O)OC(C)(C)C)[C@@H](CC#N)C2)c1C)c1cccc2cccc(C)c12. The van der Waals surface area contributed by atoms with Crippen molar-refractivity contribution < 1.29 is 14.3 Å². The minimum Gasteiger partial charge on any atom is -0.462 e. The molecule has 2 aliphatic rings. The molecule has 0 saturated carbocycles. The van der Waals surface area contributed by atoms with Crippen molar-refractivity contribution in [1.29, 1.82) is 5.26 Å². The standard InChI is InChI=1S/C36H49N7O3/c1-8-41(31-16-10-14-27-13-9-12-25(2)32(27)31)23-30-26(3)33(39-34(38-30)45-24-29-15-11-19-40(29)7)42-20-21-43(28(22-42)17-18-37)35(44)46-36(4,5)6/h9-10,12-14,16,28-29H,8,11,15,17,19-24H2,1-7H3/t28-,29+/m0/s1. The van der Waals surface area contributed by atoms with Gasteiger partial charge in [-0.2, -0.15) is 15.2 Å². The summed E-state index contributed by atoms with van der Waals surface area (Å²) in [4.78, 5) is 31.6. The average Bonchev–Trinajstić information content (AvgIpc) is 3.43. The summed E-state index contributed by atoms with van der Waals surface area (Å²) in [6.07, 6.45) is 2.07. The molecule has 3 heterocycles. The fourth-order valence-electron chi connectivity index (χ4n) is 6.62. The molecule has 0 radical (unpaired) electrons. The van der Waals surface area contributed by atoms with E-state index in [1.807, 2.05) is 20.8 Å². The maximum atomic E-state index is 13.1. The fraction of sp³-hybridized carbons (Fsp3) is 0.556. The van der Waals surface area contributed by atoms with E-state index in [4.69, 9.17) is 19.4 Å². The molecule has 0 bridgehead atoms. The number of rotatable bonds is 9. The van der Waals surface area contributed by atoms with Crippen molar-refractivity contribution in [2.24, 2.45) is 0 Å². The molecule has 46 heavy (non-hydrogen) atoms. The maximum Gasteiger partial charge on any atom is 0.410 e. The Labute approximate surface area is 273 Å². The predicted octanol–water partition coefficient (Wildman–Crippen LogP) is 6.09. The average molecular weight is 628 g/mol. The molecule has 2 fully saturated rings. The number of carbonyl (C=O) groups is 1. The van der Waals surface area contributed by atoms with Gasteiger partial charge in [-0.1, -0.05) is 30.3 Å². The fourth-order valence-corrected chi connectivity index (χ4v) is 6.62. The number of likely N-dealkylation sites (N-methyl/N-ethyl adjacent to an activating group) is 1. The van der Waals surface area contributed by atoms with Gasteiger partial charge in [0.05, 0.1) is 30.8 Å². The molecule has 2 aliphatic heterocycles. The smallest absolute Gasteiger partial charge is 0.410 e. The first-order valence-corrected chi connectivity index (χ1v) is 16.5. The summed E-state index contributed by atoms with van der Waals surface area (Å²) in [5, 5.41) is 12.1. The van der Waals surface area contributed by atoms with Crippen LogP contribution in [0.4, 0.5) is 16.3 Å². The Bertz CT molecular complexity index is 1580. The number of aryl methyl sites for hydroxylation is 1. The van der Waals surface area contributed by atoms with E-state index in [1.54, 1.807) is 4.90 Å². The Balaban J connectivity index is 1.48. The van der Waals surface area contributed by atoms with Crippen LogP contribution in [0.1, 0.15) is 63.8 Å². The van der Waals surface area contributed by atoms with Crippen molar-refractivity contribution in [1.82, 2.24) is 19.8 Å². The minimum atomic E-state index is -0.614. The highest BCUT2D eigenvalue weighted by Gasteiger charge is 2.35. The van der Waals surface area contributed by atoms with E-state index in [-0.39, 0.29) is 18.6 Å². The first-order chi connectivity index (χ1) is 22.0. The summed E-state index contributed by atoms with van der Waals surface area (Å²) in [6, 6.07) is 15.5. The second-order valence-electron chi connectivity index (χ2n) is 13.6. The minimum absolute atomic E-state index is 0.203. The van der Waals surface area contributed by atoms with Crippen LogP contribution in [0.2, 0.25) is 0 Å². The molecule has 2 atom stereocenters. The molecule has 3 aromatic rings. The number of likely N-dealkylation sites (tertiary alicyclic amines) is 1.